The van der Waals surface area contributed by atoms with Gasteiger partial charge in [-0.25, -0.2) is 0 Å². The maximum atomic E-state index is 12.8. The van der Waals surface area contributed by atoms with Gasteiger partial charge in [-0.1, -0.05) is 22.9 Å². The van der Waals surface area contributed by atoms with Gasteiger partial charge in [-0.3, -0.25) is 4.79 Å². The minimum absolute atomic E-state index is 0.0305. The monoisotopic (exact) mass is 354 g/mol. The zero-order chi connectivity index (χ0) is 15.4. The van der Waals surface area contributed by atoms with Crippen LogP contribution in [0.2, 0.25) is 0 Å². The first-order valence-corrected chi connectivity index (χ1v) is 8.37. The summed E-state index contributed by atoms with van der Waals surface area (Å²) in [6, 6.07) is 5.53. The largest absolute Gasteiger partial charge is 0.507 e. The van der Waals surface area contributed by atoms with Gasteiger partial charge in [0, 0.05) is 23.1 Å². The summed E-state index contributed by atoms with van der Waals surface area (Å²) in [5, 5.41) is 10.0. The van der Waals surface area contributed by atoms with Crippen LogP contribution in [-0.4, -0.2) is 34.5 Å². The number of nitrogens with zero attached hydrogens (tertiary/aromatic N) is 1. The molecule has 0 bridgehead atoms. The number of hydrogen-bond acceptors (Lipinski definition) is 3. The summed E-state index contributed by atoms with van der Waals surface area (Å²) in [6.45, 7) is 2.78. The molecule has 0 spiro atoms. The Morgan fingerprint density at radius 1 is 1.38 bits per heavy atom. The molecule has 0 atom stereocenters. The lowest BCUT2D eigenvalue weighted by molar-refractivity contribution is 0.0623. The van der Waals surface area contributed by atoms with Crippen molar-refractivity contribution in [2.45, 2.75) is 51.1 Å². The average molecular weight is 355 g/mol. The topological polar surface area (TPSA) is 66.6 Å². The van der Waals surface area contributed by atoms with Gasteiger partial charge in [0.25, 0.3) is 5.91 Å². The number of aromatic hydroxyl groups is 1. The van der Waals surface area contributed by atoms with Crippen molar-refractivity contribution >= 4 is 21.8 Å². The van der Waals surface area contributed by atoms with Crippen LogP contribution in [0.15, 0.2) is 22.7 Å². The molecule has 0 aliphatic heterocycles. The fourth-order valence-corrected chi connectivity index (χ4v) is 3.29. The van der Waals surface area contributed by atoms with Crippen molar-refractivity contribution in [3.63, 3.8) is 0 Å². The summed E-state index contributed by atoms with van der Waals surface area (Å²) in [7, 11) is 0. The van der Waals surface area contributed by atoms with Crippen molar-refractivity contribution in [3.8, 4) is 5.75 Å². The maximum Gasteiger partial charge on any atom is 0.257 e. The Bertz CT molecular complexity index is 499. The molecule has 1 fully saturated rings. The standard InChI is InChI=1S/C16H23BrN2O2/c1-2-9-19(13-6-4-12(18)5-7-13)16(21)14-8-3-11(17)10-15(14)20/h3,8,10,12-13,20H,2,4-7,9,18H2,1H3. The molecule has 0 saturated heterocycles. The van der Waals surface area contributed by atoms with Gasteiger partial charge in [0.2, 0.25) is 0 Å². The second-order valence-electron chi connectivity index (χ2n) is 5.73. The lowest BCUT2D eigenvalue weighted by atomic mass is 9.90. The second kappa shape index (κ2) is 7.27. The molecule has 0 heterocycles. The second-order valence-corrected chi connectivity index (χ2v) is 6.64. The Kier molecular flexibility index (Phi) is 5.65. The molecular formula is C16H23BrN2O2. The van der Waals surface area contributed by atoms with E-state index in [-0.39, 0.29) is 23.7 Å². The highest BCUT2D eigenvalue weighted by Crippen LogP contribution is 2.28. The molecule has 1 aromatic carbocycles. The highest BCUT2D eigenvalue weighted by molar-refractivity contribution is 9.10. The molecule has 1 aliphatic carbocycles. The number of phenolic OH excluding ortho intramolecular Hbond substituents is 1. The Hall–Kier alpha value is -1.07. The molecule has 1 amide bonds. The molecule has 0 unspecified atom stereocenters. The third-order valence-corrected chi connectivity index (χ3v) is 4.59. The first-order chi connectivity index (χ1) is 10.0. The van der Waals surface area contributed by atoms with E-state index in [0.717, 1.165) is 36.6 Å². The molecule has 2 rings (SSSR count). The van der Waals surface area contributed by atoms with Crippen molar-refractivity contribution in [1.29, 1.82) is 0 Å². The smallest absolute Gasteiger partial charge is 0.257 e. The molecule has 5 heteroatoms. The lowest BCUT2D eigenvalue weighted by Gasteiger charge is -2.36. The van der Waals surface area contributed by atoms with E-state index in [0.29, 0.717) is 12.1 Å². The number of nitrogens with two attached hydrogens (primary N) is 1. The van der Waals surface area contributed by atoms with E-state index in [9.17, 15) is 9.90 Å². The highest BCUT2D eigenvalue weighted by Gasteiger charge is 2.28. The summed E-state index contributed by atoms with van der Waals surface area (Å²) in [6.07, 6.45) is 4.73. The Morgan fingerprint density at radius 2 is 2.05 bits per heavy atom. The molecule has 0 aromatic heterocycles. The molecule has 1 aliphatic rings. The van der Waals surface area contributed by atoms with Crippen LogP contribution < -0.4 is 5.73 Å². The highest BCUT2D eigenvalue weighted by atomic mass is 79.9. The molecule has 1 aromatic rings. The van der Waals surface area contributed by atoms with Crippen LogP contribution in [0.5, 0.6) is 5.75 Å². The van der Waals surface area contributed by atoms with E-state index in [1.807, 2.05) is 4.90 Å². The van der Waals surface area contributed by atoms with Crippen molar-refractivity contribution in [2.24, 2.45) is 5.73 Å². The lowest BCUT2D eigenvalue weighted by Crippen LogP contribution is -2.44. The number of amides is 1. The van der Waals surface area contributed by atoms with Crippen LogP contribution in [0.1, 0.15) is 49.4 Å². The van der Waals surface area contributed by atoms with Gasteiger partial charge < -0.3 is 15.7 Å². The van der Waals surface area contributed by atoms with Crippen molar-refractivity contribution in [2.75, 3.05) is 6.54 Å². The van der Waals surface area contributed by atoms with E-state index >= 15 is 0 Å². The normalized spacial score (nSPS) is 22.0. The fourth-order valence-electron chi connectivity index (χ4n) is 2.94. The number of phenols is 1. The predicted molar refractivity (Wildman–Crippen MR) is 87.4 cm³/mol. The number of carbonyl (C=O) groups is 1. The quantitative estimate of drug-likeness (QED) is 0.871. The van der Waals surface area contributed by atoms with Crippen LogP contribution in [0, 0.1) is 0 Å². The van der Waals surface area contributed by atoms with E-state index in [1.165, 1.54) is 0 Å². The van der Waals surface area contributed by atoms with Crippen LogP contribution in [0.3, 0.4) is 0 Å². The van der Waals surface area contributed by atoms with Gasteiger partial charge in [0.05, 0.1) is 5.56 Å². The van der Waals surface area contributed by atoms with Gasteiger partial charge in [0.1, 0.15) is 5.75 Å². The van der Waals surface area contributed by atoms with Crippen LogP contribution in [0.4, 0.5) is 0 Å². The SMILES string of the molecule is CCCN(C(=O)c1ccc(Br)cc1O)C1CCC(N)CC1. The van der Waals surface area contributed by atoms with Crippen molar-refractivity contribution in [1.82, 2.24) is 4.90 Å². The fraction of sp³-hybridized carbons (Fsp3) is 0.562. The Labute approximate surface area is 134 Å². The van der Waals surface area contributed by atoms with Gasteiger partial charge in [0.15, 0.2) is 0 Å². The van der Waals surface area contributed by atoms with Gasteiger partial charge >= 0.3 is 0 Å². The first-order valence-electron chi connectivity index (χ1n) is 7.58. The van der Waals surface area contributed by atoms with Gasteiger partial charge in [-0.05, 0) is 50.3 Å². The van der Waals surface area contributed by atoms with E-state index in [2.05, 4.69) is 22.9 Å². The third-order valence-electron chi connectivity index (χ3n) is 4.10. The summed E-state index contributed by atoms with van der Waals surface area (Å²) >= 11 is 3.30. The summed E-state index contributed by atoms with van der Waals surface area (Å²) in [4.78, 5) is 14.7. The molecule has 3 N–H and O–H groups in total. The number of carbonyl (C=O) groups excluding carboxylic acids is 1. The Morgan fingerprint density at radius 3 is 2.62 bits per heavy atom. The van der Waals surface area contributed by atoms with Crippen LogP contribution >= 0.6 is 15.9 Å². The number of rotatable bonds is 4. The minimum Gasteiger partial charge on any atom is -0.507 e. The zero-order valence-electron chi connectivity index (χ0n) is 12.4. The van der Waals surface area contributed by atoms with E-state index in [4.69, 9.17) is 5.73 Å². The van der Waals surface area contributed by atoms with E-state index in [1.54, 1.807) is 18.2 Å². The van der Waals surface area contributed by atoms with Crippen LogP contribution in [-0.2, 0) is 0 Å². The van der Waals surface area contributed by atoms with Crippen molar-refractivity contribution < 1.29 is 9.90 Å². The average Bonchev–Trinajstić information content (AvgIpc) is 2.45. The third kappa shape index (κ3) is 3.98. The number of hydrogen-bond donors (Lipinski definition) is 2. The molecular weight excluding hydrogens is 332 g/mol. The van der Waals surface area contributed by atoms with Gasteiger partial charge in [-0.15, -0.1) is 0 Å². The molecule has 21 heavy (non-hydrogen) atoms. The summed E-state index contributed by atoms with van der Waals surface area (Å²) < 4.78 is 0.766. The van der Waals surface area contributed by atoms with Crippen LogP contribution in [0.25, 0.3) is 0 Å². The van der Waals surface area contributed by atoms with Gasteiger partial charge in [-0.2, -0.15) is 0 Å². The molecule has 116 valence electrons. The predicted octanol–water partition coefficient (Wildman–Crippen LogP) is 3.28. The minimum atomic E-state index is -0.0812. The zero-order valence-corrected chi connectivity index (χ0v) is 14.0. The number of halogens is 1. The molecule has 1 saturated carbocycles. The molecule has 4 nitrogen and oxygen atoms in total. The Balaban J connectivity index is 2.18. The first kappa shape index (κ1) is 16.3. The summed E-state index contributed by atoms with van der Waals surface area (Å²) in [5.41, 5.74) is 6.33. The maximum absolute atomic E-state index is 12.8. The van der Waals surface area contributed by atoms with Crippen molar-refractivity contribution in [3.05, 3.63) is 28.2 Å². The number of benzene rings is 1. The summed E-state index contributed by atoms with van der Waals surface area (Å²) in [5.74, 6) is -0.0506. The van der Waals surface area contributed by atoms with E-state index < -0.39 is 0 Å². The molecule has 0 radical (unpaired) electrons.